The highest BCUT2D eigenvalue weighted by Crippen LogP contribution is 2.29. The first-order chi connectivity index (χ1) is 15.3. The Balaban J connectivity index is 1.56. The summed E-state index contributed by atoms with van der Waals surface area (Å²) in [5.74, 6) is 0.845. The minimum absolute atomic E-state index is 0.0684. The van der Waals surface area contributed by atoms with Gasteiger partial charge in [-0.15, -0.1) is 0 Å². The first-order valence-corrected chi connectivity index (χ1v) is 10.5. The van der Waals surface area contributed by atoms with Crippen molar-refractivity contribution in [2.75, 3.05) is 30.8 Å². The van der Waals surface area contributed by atoms with Crippen molar-refractivity contribution in [1.29, 1.82) is 0 Å². The normalized spacial score (nSPS) is 10.7. The van der Waals surface area contributed by atoms with Gasteiger partial charge < -0.3 is 15.4 Å². The number of anilines is 2. The molecule has 3 aromatic rings. The number of hydrogen-bond donors (Lipinski definition) is 2. The van der Waals surface area contributed by atoms with Crippen LogP contribution in [0.25, 0.3) is 0 Å². The Kier molecular flexibility index (Phi) is 7.63. The molecule has 0 aliphatic carbocycles. The summed E-state index contributed by atoms with van der Waals surface area (Å²) in [5.41, 5.74) is 4.59. The van der Waals surface area contributed by atoms with Crippen LogP contribution in [0.15, 0.2) is 66.7 Å². The fraction of sp³-hybridized carbons (Fsp3) is 0.231. The number of aryl methyl sites for hydroxylation is 3. The second-order valence-corrected chi connectivity index (χ2v) is 7.95. The summed E-state index contributed by atoms with van der Waals surface area (Å²) in [7, 11) is 1.74. The van der Waals surface area contributed by atoms with E-state index in [1.54, 1.807) is 24.1 Å². The average Bonchev–Trinajstić information content (AvgIpc) is 2.72. The highest BCUT2D eigenvalue weighted by molar-refractivity contribution is 5.96. The van der Waals surface area contributed by atoms with E-state index in [-0.39, 0.29) is 24.9 Å². The number of benzene rings is 3. The molecule has 2 N–H and O–H groups in total. The fourth-order valence-corrected chi connectivity index (χ4v) is 3.57. The van der Waals surface area contributed by atoms with Gasteiger partial charge >= 0.3 is 0 Å². The number of rotatable bonds is 8. The molecule has 0 heterocycles. The average molecular weight is 432 g/mol. The molecule has 0 fully saturated rings. The molecule has 0 unspecified atom stereocenters. The minimum Gasteiger partial charge on any atom is -0.455 e. The number of carbonyl (C=O) groups excluding carboxylic acids is 2. The summed E-state index contributed by atoms with van der Waals surface area (Å²) in [5, 5.41) is 5.84. The Morgan fingerprint density at radius 3 is 2.03 bits per heavy atom. The van der Waals surface area contributed by atoms with Gasteiger partial charge in [-0.1, -0.05) is 48.0 Å². The van der Waals surface area contributed by atoms with Gasteiger partial charge in [0, 0.05) is 5.69 Å². The Hall–Kier alpha value is -3.64. The monoisotopic (exact) mass is 431 g/mol. The lowest BCUT2D eigenvalue weighted by molar-refractivity contribution is -0.119. The maximum absolute atomic E-state index is 12.6. The van der Waals surface area contributed by atoms with Crippen molar-refractivity contribution < 1.29 is 14.3 Å². The summed E-state index contributed by atoms with van der Waals surface area (Å²) >= 11 is 0. The van der Waals surface area contributed by atoms with Gasteiger partial charge in [-0.3, -0.25) is 14.5 Å². The van der Waals surface area contributed by atoms with Crippen LogP contribution in [0.2, 0.25) is 0 Å². The third-order valence-electron chi connectivity index (χ3n) is 4.90. The van der Waals surface area contributed by atoms with Gasteiger partial charge in [0.1, 0.15) is 5.75 Å². The van der Waals surface area contributed by atoms with Gasteiger partial charge in [0.2, 0.25) is 11.8 Å². The Labute approximate surface area is 189 Å². The summed E-state index contributed by atoms with van der Waals surface area (Å²) in [6.45, 7) is 6.14. The lowest BCUT2D eigenvalue weighted by Crippen LogP contribution is -2.36. The van der Waals surface area contributed by atoms with Crippen LogP contribution in [0, 0.1) is 20.8 Å². The molecule has 6 nitrogen and oxygen atoms in total. The molecular formula is C26H29N3O3. The van der Waals surface area contributed by atoms with Gasteiger partial charge in [0.15, 0.2) is 5.75 Å². The first kappa shape index (κ1) is 23.0. The van der Waals surface area contributed by atoms with Crippen LogP contribution >= 0.6 is 0 Å². The molecule has 166 valence electrons. The zero-order valence-electron chi connectivity index (χ0n) is 18.9. The van der Waals surface area contributed by atoms with Gasteiger partial charge in [-0.25, -0.2) is 0 Å². The number of hydrogen-bond acceptors (Lipinski definition) is 4. The molecule has 0 aliphatic heterocycles. The fourth-order valence-electron chi connectivity index (χ4n) is 3.57. The molecule has 3 aromatic carbocycles. The zero-order chi connectivity index (χ0) is 23.1. The van der Waals surface area contributed by atoms with Crippen molar-refractivity contribution in [3.05, 3.63) is 83.4 Å². The van der Waals surface area contributed by atoms with Crippen LogP contribution < -0.4 is 15.4 Å². The summed E-state index contributed by atoms with van der Waals surface area (Å²) < 4.78 is 5.88. The molecule has 3 rings (SSSR count). The van der Waals surface area contributed by atoms with E-state index < -0.39 is 0 Å². The largest absolute Gasteiger partial charge is 0.455 e. The molecule has 0 saturated heterocycles. The van der Waals surface area contributed by atoms with Crippen LogP contribution in [0.1, 0.15) is 16.7 Å². The maximum Gasteiger partial charge on any atom is 0.238 e. The number of amides is 2. The number of para-hydroxylation sites is 3. The van der Waals surface area contributed by atoms with Crippen molar-refractivity contribution in [1.82, 2.24) is 4.90 Å². The smallest absolute Gasteiger partial charge is 0.238 e. The number of carbonyl (C=O) groups is 2. The number of nitrogens with zero attached hydrogens (tertiary/aromatic N) is 1. The van der Waals surface area contributed by atoms with Crippen LogP contribution in [0.4, 0.5) is 11.4 Å². The number of nitrogens with one attached hydrogen (secondary N) is 2. The summed E-state index contributed by atoms with van der Waals surface area (Å²) in [6, 6.07) is 20.7. The quantitative estimate of drug-likeness (QED) is 0.531. The molecule has 0 aliphatic rings. The van der Waals surface area contributed by atoms with E-state index in [9.17, 15) is 9.59 Å². The molecular weight excluding hydrogens is 402 g/mol. The van der Waals surface area contributed by atoms with Crippen LogP contribution in [-0.2, 0) is 9.59 Å². The van der Waals surface area contributed by atoms with Crippen molar-refractivity contribution in [2.45, 2.75) is 20.8 Å². The molecule has 0 atom stereocenters. The van der Waals surface area contributed by atoms with Crippen molar-refractivity contribution >= 4 is 23.2 Å². The molecule has 2 amide bonds. The van der Waals surface area contributed by atoms with Crippen LogP contribution in [0.5, 0.6) is 11.5 Å². The molecule has 0 spiro atoms. The third-order valence-corrected chi connectivity index (χ3v) is 4.90. The van der Waals surface area contributed by atoms with Crippen molar-refractivity contribution in [3.63, 3.8) is 0 Å². The second kappa shape index (κ2) is 10.6. The second-order valence-electron chi connectivity index (χ2n) is 7.95. The molecule has 0 bridgehead atoms. The van der Waals surface area contributed by atoms with E-state index >= 15 is 0 Å². The first-order valence-electron chi connectivity index (χ1n) is 10.5. The SMILES string of the molecule is Cc1cc(C)c(NC(=O)CN(C)CC(=O)Nc2ccccc2Oc2ccccc2)c(C)c1. The predicted molar refractivity (Wildman–Crippen MR) is 128 cm³/mol. The topological polar surface area (TPSA) is 70.7 Å². The highest BCUT2D eigenvalue weighted by atomic mass is 16.5. The Bertz CT molecular complexity index is 1070. The van der Waals surface area contributed by atoms with E-state index in [0.29, 0.717) is 17.2 Å². The van der Waals surface area contributed by atoms with E-state index in [2.05, 4.69) is 10.6 Å². The zero-order valence-corrected chi connectivity index (χ0v) is 18.9. The van der Waals surface area contributed by atoms with E-state index in [4.69, 9.17) is 4.74 Å². The maximum atomic E-state index is 12.6. The predicted octanol–water partition coefficient (Wildman–Crippen LogP) is 4.91. The Morgan fingerprint density at radius 1 is 0.812 bits per heavy atom. The van der Waals surface area contributed by atoms with Gasteiger partial charge in [-0.05, 0) is 63.2 Å². The molecule has 6 heteroatoms. The van der Waals surface area contributed by atoms with E-state index in [1.807, 2.05) is 75.4 Å². The summed E-state index contributed by atoms with van der Waals surface area (Å²) in [4.78, 5) is 26.7. The lowest BCUT2D eigenvalue weighted by atomic mass is 10.1. The molecule has 32 heavy (non-hydrogen) atoms. The minimum atomic E-state index is -0.230. The number of likely N-dealkylation sites (N-methyl/N-ethyl adjacent to an activating group) is 1. The number of ether oxygens (including phenoxy) is 1. The lowest BCUT2D eigenvalue weighted by Gasteiger charge is -2.18. The summed E-state index contributed by atoms with van der Waals surface area (Å²) in [6.07, 6.45) is 0. The van der Waals surface area contributed by atoms with E-state index in [0.717, 1.165) is 22.4 Å². The van der Waals surface area contributed by atoms with Gasteiger partial charge in [-0.2, -0.15) is 0 Å². The molecule has 0 aromatic heterocycles. The standard InChI is InChI=1S/C26H29N3O3/c1-18-14-19(2)26(20(3)15-18)28-25(31)17-29(4)16-24(30)27-22-12-8-9-13-23(22)32-21-10-6-5-7-11-21/h5-15H,16-17H2,1-4H3,(H,27,30)(H,28,31). The van der Waals surface area contributed by atoms with Crippen LogP contribution in [-0.4, -0.2) is 36.9 Å². The van der Waals surface area contributed by atoms with Gasteiger partial charge in [0.05, 0.1) is 18.8 Å². The molecule has 0 radical (unpaired) electrons. The Morgan fingerprint density at radius 2 is 1.38 bits per heavy atom. The van der Waals surface area contributed by atoms with Crippen LogP contribution in [0.3, 0.4) is 0 Å². The highest BCUT2D eigenvalue weighted by Gasteiger charge is 2.14. The van der Waals surface area contributed by atoms with E-state index in [1.165, 1.54) is 0 Å². The van der Waals surface area contributed by atoms with Crippen molar-refractivity contribution in [2.24, 2.45) is 0 Å². The third kappa shape index (κ3) is 6.43. The van der Waals surface area contributed by atoms with Crippen molar-refractivity contribution in [3.8, 4) is 11.5 Å². The van der Waals surface area contributed by atoms with Gasteiger partial charge in [0.25, 0.3) is 0 Å². The molecule has 0 saturated carbocycles.